The normalized spacial score (nSPS) is 11.6. The highest BCUT2D eigenvalue weighted by molar-refractivity contribution is 6.31. The summed E-state index contributed by atoms with van der Waals surface area (Å²) in [4.78, 5) is 6.77. The van der Waals surface area contributed by atoms with Crippen molar-refractivity contribution in [2.24, 2.45) is 0 Å². The molecule has 2 aromatic carbocycles. The number of nitrogens with one attached hydrogen (secondary N) is 2. The van der Waals surface area contributed by atoms with Gasteiger partial charge >= 0.3 is 0 Å². The minimum absolute atomic E-state index is 0.0699. The standard InChI is InChI=1S/C24H31ClN4/c1-5-29(6-2)20-10-7-18(8-11-20)16-28-24(3,4)17-27-22-13-14-26-23-15-19(25)9-12-21(22)23/h7-15,28H,5-6,16-17H2,1-4H3,(H,26,27). The van der Waals surface area contributed by atoms with Crippen molar-refractivity contribution >= 4 is 33.9 Å². The third kappa shape index (κ3) is 5.62. The van der Waals surface area contributed by atoms with Crippen LogP contribution >= 0.6 is 11.6 Å². The van der Waals surface area contributed by atoms with Crippen molar-refractivity contribution < 1.29 is 0 Å². The molecule has 154 valence electrons. The van der Waals surface area contributed by atoms with Crippen molar-refractivity contribution in [1.82, 2.24) is 10.3 Å². The van der Waals surface area contributed by atoms with Gasteiger partial charge in [-0.05, 0) is 69.7 Å². The molecule has 1 aromatic heterocycles. The van der Waals surface area contributed by atoms with Crippen LogP contribution < -0.4 is 15.5 Å². The topological polar surface area (TPSA) is 40.2 Å². The second-order valence-corrected chi connectivity index (χ2v) is 8.39. The number of hydrogen-bond acceptors (Lipinski definition) is 4. The lowest BCUT2D eigenvalue weighted by Crippen LogP contribution is -2.44. The first-order valence-corrected chi connectivity index (χ1v) is 10.7. The molecule has 3 rings (SSSR count). The number of rotatable bonds is 9. The van der Waals surface area contributed by atoms with E-state index in [-0.39, 0.29) is 5.54 Å². The number of fused-ring (bicyclic) bond motifs is 1. The molecule has 0 radical (unpaired) electrons. The van der Waals surface area contributed by atoms with Crippen molar-refractivity contribution in [1.29, 1.82) is 0 Å². The molecule has 0 unspecified atom stereocenters. The van der Waals surface area contributed by atoms with Crippen LogP contribution in [0.3, 0.4) is 0 Å². The first kappa shape index (κ1) is 21.4. The molecule has 3 aromatic rings. The van der Waals surface area contributed by atoms with Gasteiger partial charge in [0.2, 0.25) is 0 Å². The maximum Gasteiger partial charge on any atom is 0.0737 e. The zero-order valence-corrected chi connectivity index (χ0v) is 18.6. The van der Waals surface area contributed by atoms with Crippen LogP contribution in [0, 0.1) is 0 Å². The molecular weight excluding hydrogens is 380 g/mol. The smallest absolute Gasteiger partial charge is 0.0737 e. The second kappa shape index (κ2) is 9.47. The van der Waals surface area contributed by atoms with Gasteiger partial charge in [-0.1, -0.05) is 23.7 Å². The van der Waals surface area contributed by atoms with Crippen LogP contribution in [0.1, 0.15) is 33.3 Å². The molecule has 0 aliphatic carbocycles. The number of aromatic nitrogens is 1. The summed E-state index contributed by atoms with van der Waals surface area (Å²) in [5.41, 5.74) is 4.48. The second-order valence-electron chi connectivity index (χ2n) is 7.95. The molecule has 5 heteroatoms. The Labute approximate surface area is 179 Å². The first-order chi connectivity index (χ1) is 13.9. The SMILES string of the molecule is CCN(CC)c1ccc(CNC(C)(C)CNc2ccnc3cc(Cl)ccc23)cc1. The monoisotopic (exact) mass is 410 g/mol. The van der Waals surface area contributed by atoms with Gasteiger partial charge in [-0.15, -0.1) is 0 Å². The summed E-state index contributed by atoms with van der Waals surface area (Å²) in [6, 6.07) is 16.7. The number of benzene rings is 2. The fourth-order valence-corrected chi connectivity index (χ4v) is 3.58. The Morgan fingerprint density at radius 1 is 1.00 bits per heavy atom. The highest BCUT2D eigenvalue weighted by atomic mass is 35.5. The summed E-state index contributed by atoms with van der Waals surface area (Å²) >= 11 is 6.09. The Hall–Kier alpha value is -2.30. The van der Waals surface area contributed by atoms with Gasteiger partial charge in [0.25, 0.3) is 0 Å². The molecule has 2 N–H and O–H groups in total. The van der Waals surface area contributed by atoms with Crippen LogP contribution in [0.4, 0.5) is 11.4 Å². The van der Waals surface area contributed by atoms with E-state index in [4.69, 9.17) is 11.6 Å². The molecular formula is C24H31ClN4. The molecule has 0 fully saturated rings. The van der Waals surface area contributed by atoms with Crippen LogP contribution in [0.15, 0.2) is 54.7 Å². The lowest BCUT2D eigenvalue weighted by molar-refractivity contribution is 0.407. The van der Waals surface area contributed by atoms with Gasteiger partial charge in [-0.2, -0.15) is 0 Å². The van der Waals surface area contributed by atoms with E-state index in [0.717, 1.165) is 42.8 Å². The number of pyridine rings is 1. The van der Waals surface area contributed by atoms with E-state index in [1.807, 2.05) is 30.5 Å². The minimum atomic E-state index is -0.0699. The summed E-state index contributed by atoms with van der Waals surface area (Å²) in [6.45, 7) is 12.5. The van der Waals surface area contributed by atoms with E-state index < -0.39 is 0 Å². The van der Waals surface area contributed by atoms with Gasteiger partial charge in [-0.25, -0.2) is 0 Å². The molecule has 0 bridgehead atoms. The molecule has 0 aliphatic heterocycles. The Morgan fingerprint density at radius 3 is 2.41 bits per heavy atom. The average molecular weight is 411 g/mol. The molecule has 1 heterocycles. The van der Waals surface area contributed by atoms with Crippen LogP contribution in [-0.2, 0) is 6.54 Å². The van der Waals surface area contributed by atoms with E-state index in [1.165, 1.54) is 11.3 Å². The third-order valence-corrected chi connectivity index (χ3v) is 5.50. The fourth-order valence-electron chi connectivity index (χ4n) is 3.41. The van der Waals surface area contributed by atoms with Gasteiger partial charge < -0.3 is 15.5 Å². The lowest BCUT2D eigenvalue weighted by Gasteiger charge is -2.28. The van der Waals surface area contributed by atoms with Crippen molar-refractivity contribution in [3.05, 3.63) is 65.3 Å². The molecule has 0 aliphatic rings. The van der Waals surface area contributed by atoms with E-state index in [1.54, 1.807) is 0 Å². The maximum absolute atomic E-state index is 6.09. The zero-order valence-electron chi connectivity index (χ0n) is 17.8. The Bertz CT molecular complexity index is 933. The van der Waals surface area contributed by atoms with Crippen LogP contribution in [0.25, 0.3) is 10.9 Å². The largest absolute Gasteiger partial charge is 0.383 e. The van der Waals surface area contributed by atoms with Crippen molar-refractivity contribution in [3.8, 4) is 0 Å². The number of anilines is 2. The summed E-state index contributed by atoms with van der Waals surface area (Å²) < 4.78 is 0. The Balaban J connectivity index is 1.59. The van der Waals surface area contributed by atoms with Crippen LogP contribution in [0.2, 0.25) is 5.02 Å². The Kier molecular flexibility index (Phi) is 6.99. The number of hydrogen-bond donors (Lipinski definition) is 2. The number of nitrogens with zero attached hydrogens (tertiary/aromatic N) is 2. The summed E-state index contributed by atoms with van der Waals surface area (Å²) in [7, 11) is 0. The molecule has 0 spiro atoms. The summed E-state index contributed by atoms with van der Waals surface area (Å²) in [5.74, 6) is 0. The van der Waals surface area contributed by atoms with Gasteiger partial charge in [0.05, 0.1) is 5.52 Å². The van der Waals surface area contributed by atoms with Gasteiger partial charge in [0.1, 0.15) is 0 Å². The maximum atomic E-state index is 6.09. The van der Waals surface area contributed by atoms with E-state index in [2.05, 4.69) is 72.5 Å². The van der Waals surface area contributed by atoms with Crippen molar-refractivity contribution in [2.45, 2.75) is 39.8 Å². The minimum Gasteiger partial charge on any atom is -0.383 e. The van der Waals surface area contributed by atoms with Crippen LogP contribution in [-0.4, -0.2) is 30.2 Å². The van der Waals surface area contributed by atoms with Gasteiger partial charge in [0.15, 0.2) is 0 Å². The van der Waals surface area contributed by atoms with E-state index in [0.29, 0.717) is 5.02 Å². The molecule has 4 nitrogen and oxygen atoms in total. The quantitative estimate of drug-likeness (QED) is 0.473. The fraction of sp³-hybridized carbons (Fsp3) is 0.375. The lowest BCUT2D eigenvalue weighted by atomic mass is 10.0. The highest BCUT2D eigenvalue weighted by Crippen LogP contribution is 2.25. The predicted octanol–water partition coefficient (Wildman–Crippen LogP) is 5.71. The average Bonchev–Trinajstić information content (AvgIpc) is 2.72. The summed E-state index contributed by atoms with van der Waals surface area (Å²) in [6.07, 6.45) is 1.82. The highest BCUT2D eigenvalue weighted by Gasteiger charge is 2.17. The molecule has 0 saturated carbocycles. The van der Waals surface area contributed by atoms with Crippen molar-refractivity contribution in [2.75, 3.05) is 29.9 Å². The zero-order chi connectivity index (χ0) is 20.9. The van der Waals surface area contributed by atoms with Crippen molar-refractivity contribution in [3.63, 3.8) is 0 Å². The summed E-state index contributed by atoms with van der Waals surface area (Å²) in [5, 5.41) is 9.03. The van der Waals surface area contributed by atoms with Crippen LogP contribution in [0.5, 0.6) is 0 Å². The molecule has 0 saturated heterocycles. The Morgan fingerprint density at radius 2 is 1.72 bits per heavy atom. The number of halogens is 1. The molecule has 0 atom stereocenters. The predicted molar refractivity (Wildman–Crippen MR) is 126 cm³/mol. The van der Waals surface area contributed by atoms with E-state index in [9.17, 15) is 0 Å². The third-order valence-electron chi connectivity index (χ3n) is 5.26. The first-order valence-electron chi connectivity index (χ1n) is 10.3. The molecule has 29 heavy (non-hydrogen) atoms. The van der Waals surface area contributed by atoms with Gasteiger partial charge in [0, 0.05) is 59.7 Å². The van der Waals surface area contributed by atoms with Gasteiger partial charge in [-0.3, -0.25) is 4.98 Å². The van der Waals surface area contributed by atoms with E-state index >= 15 is 0 Å². The molecule has 0 amide bonds.